The first kappa shape index (κ1) is 12.0. The van der Waals surface area contributed by atoms with E-state index in [1.54, 1.807) is 0 Å². The summed E-state index contributed by atoms with van der Waals surface area (Å²) in [5, 5.41) is 8.86. The molecule has 1 fully saturated rings. The van der Waals surface area contributed by atoms with E-state index in [0.717, 1.165) is 32.1 Å². The van der Waals surface area contributed by atoms with Crippen LogP contribution < -0.4 is 0 Å². The summed E-state index contributed by atoms with van der Waals surface area (Å²) in [7, 11) is 0. The highest BCUT2D eigenvalue weighted by molar-refractivity contribution is 4.79. The van der Waals surface area contributed by atoms with Gasteiger partial charge in [-0.2, -0.15) is 0 Å². The number of piperazine rings is 1. The van der Waals surface area contributed by atoms with Gasteiger partial charge in [0, 0.05) is 38.8 Å². The van der Waals surface area contributed by atoms with Crippen LogP contribution in [-0.2, 0) is 0 Å². The van der Waals surface area contributed by atoms with Crippen molar-refractivity contribution in [3.8, 4) is 0 Å². The molecule has 0 amide bonds. The van der Waals surface area contributed by atoms with Crippen LogP contribution in [0.3, 0.4) is 0 Å². The highest BCUT2D eigenvalue weighted by Crippen LogP contribution is 2.11. The van der Waals surface area contributed by atoms with Gasteiger partial charge in [0.2, 0.25) is 0 Å². The van der Waals surface area contributed by atoms with Gasteiger partial charge in [-0.3, -0.25) is 9.80 Å². The van der Waals surface area contributed by atoms with Crippen molar-refractivity contribution in [1.82, 2.24) is 9.80 Å². The zero-order valence-electron chi connectivity index (χ0n) is 9.74. The van der Waals surface area contributed by atoms with Crippen LogP contribution in [0.5, 0.6) is 0 Å². The number of β-amino-alcohol motifs (C(OH)–C–C–N with tert-alkyl or cyclic N) is 1. The van der Waals surface area contributed by atoms with Crippen LogP contribution in [0.25, 0.3) is 0 Å². The zero-order valence-corrected chi connectivity index (χ0v) is 9.74. The van der Waals surface area contributed by atoms with Crippen molar-refractivity contribution in [3.63, 3.8) is 0 Å². The molecule has 0 saturated carbocycles. The van der Waals surface area contributed by atoms with Crippen LogP contribution in [0.1, 0.15) is 20.8 Å². The Morgan fingerprint density at radius 1 is 1.36 bits per heavy atom. The number of hydrogen-bond donors (Lipinski definition) is 1. The molecule has 0 spiro atoms. The highest BCUT2D eigenvalue weighted by Gasteiger charge is 2.23. The number of rotatable bonds is 4. The lowest BCUT2D eigenvalue weighted by atomic mass is 10.1. The van der Waals surface area contributed by atoms with Gasteiger partial charge >= 0.3 is 0 Å². The fraction of sp³-hybridized carbons (Fsp3) is 1.00. The second-order valence-corrected chi connectivity index (χ2v) is 4.76. The molecule has 3 heteroatoms. The van der Waals surface area contributed by atoms with Crippen molar-refractivity contribution in [1.29, 1.82) is 0 Å². The Morgan fingerprint density at radius 3 is 2.57 bits per heavy atom. The third-order valence-electron chi connectivity index (χ3n) is 2.87. The fourth-order valence-corrected chi connectivity index (χ4v) is 2.16. The Hall–Kier alpha value is -0.120. The first-order valence-corrected chi connectivity index (χ1v) is 5.70. The zero-order chi connectivity index (χ0) is 10.6. The third kappa shape index (κ3) is 3.56. The second kappa shape index (κ2) is 5.69. The van der Waals surface area contributed by atoms with E-state index in [4.69, 9.17) is 5.11 Å². The van der Waals surface area contributed by atoms with Crippen LogP contribution in [-0.4, -0.2) is 60.3 Å². The lowest BCUT2D eigenvalue weighted by Crippen LogP contribution is -2.53. The molecule has 1 aliphatic rings. The average molecular weight is 200 g/mol. The summed E-state index contributed by atoms with van der Waals surface area (Å²) in [6, 6.07) is 0.637. The van der Waals surface area contributed by atoms with E-state index < -0.39 is 0 Å². The molecule has 0 aromatic heterocycles. The molecule has 1 rings (SSSR count). The molecule has 1 saturated heterocycles. The molecule has 14 heavy (non-hydrogen) atoms. The van der Waals surface area contributed by atoms with Gasteiger partial charge in [0.25, 0.3) is 0 Å². The van der Waals surface area contributed by atoms with Gasteiger partial charge in [-0.1, -0.05) is 13.8 Å². The average Bonchev–Trinajstić information content (AvgIpc) is 2.10. The van der Waals surface area contributed by atoms with E-state index in [2.05, 4.69) is 30.6 Å². The van der Waals surface area contributed by atoms with Crippen molar-refractivity contribution in [2.45, 2.75) is 26.8 Å². The summed E-state index contributed by atoms with van der Waals surface area (Å²) < 4.78 is 0. The van der Waals surface area contributed by atoms with E-state index >= 15 is 0 Å². The van der Waals surface area contributed by atoms with Gasteiger partial charge in [-0.05, 0) is 12.8 Å². The van der Waals surface area contributed by atoms with Gasteiger partial charge in [-0.15, -0.1) is 0 Å². The molecule has 84 valence electrons. The minimum absolute atomic E-state index is 0.289. The molecule has 1 N–H and O–H groups in total. The largest absolute Gasteiger partial charge is 0.395 e. The summed E-state index contributed by atoms with van der Waals surface area (Å²) in [4.78, 5) is 4.90. The van der Waals surface area contributed by atoms with Gasteiger partial charge in [0.05, 0.1) is 6.61 Å². The predicted molar refractivity (Wildman–Crippen MR) is 59.4 cm³/mol. The first-order valence-electron chi connectivity index (χ1n) is 5.70. The number of hydrogen-bond acceptors (Lipinski definition) is 3. The molecule has 0 aromatic rings. The third-order valence-corrected chi connectivity index (χ3v) is 2.87. The van der Waals surface area contributed by atoms with E-state index in [9.17, 15) is 0 Å². The molecule has 0 aromatic carbocycles. The molecular formula is C11H24N2O. The molecule has 0 unspecified atom stereocenters. The minimum Gasteiger partial charge on any atom is -0.395 e. The highest BCUT2D eigenvalue weighted by atomic mass is 16.3. The SMILES string of the molecule is CC(C)CN1CCN(CCO)C[C@H]1C. The molecule has 1 aliphatic heterocycles. The smallest absolute Gasteiger partial charge is 0.0558 e. The van der Waals surface area contributed by atoms with E-state index in [1.807, 2.05) is 0 Å². The maximum Gasteiger partial charge on any atom is 0.0558 e. The Kier molecular flexibility index (Phi) is 4.85. The molecule has 0 aliphatic carbocycles. The maximum atomic E-state index is 8.86. The van der Waals surface area contributed by atoms with Crippen molar-refractivity contribution >= 4 is 0 Å². The summed E-state index contributed by atoms with van der Waals surface area (Å²) in [6.07, 6.45) is 0. The molecule has 1 heterocycles. The summed E-state index contributed by atoms with van der Waals surface area (Å²) >= 11 is 0. The monoisotopic (exact) mass is 200 g/mol. The van der Waals surface area contributed by atoms with Crippen LogP contribution in [0.15, 0.2) is 0 Å². The number of nitrogens with zero attached hydrogens (tertiary/aromatic N) is 2. The van der Waals surface area contributed by atoms with E-state index in [-0.39, 0.29) is 6.61 Å². The summed E-state index contributed by atoms with van der Waals surface area (Å²) in [6.45, 7) is 12.5. The second-order valence-electron chi connectivity index (χ2n) is 4.76. The van der Waals surface area contributed by atoms with E-state index in [0.29, 0.717) is 6.04 Å². The Labute approximate surface area is 87.7 Å². The quantitative estimate of drug-likeness (QED) is 0.721. The Bertz CT molecular complexity index is 161. The van der Waals surface area contributed by atoms with Gasteiger partial charge < -0.3 is 5.11 Å². The normalized spacial score (nSPS) is 25.9. The van der Waals surface area contributed by atoms with Crippen LogP contribution in [0, 0.1) is 5.92 Å². The molecular weight excluding hydrogens is 176 g/mol. The minimum atomic E-state index is 0.289. The Morgan fingerprint density at radius 2 is 2.07 bits per heavy atom. The lowest BCUT2D eigenvalue weighted by Gasteiger charge is -2.40. The fourth-order valence-electron chi connectivity index (χ4n) is 2.16. The number of aliphatic hydroxyl groups is 1. The molecule has 1 atom stereocenters. The topological polar surface area (TPSA) is 26.7 Å². The van der Waals surface area contributed by atoms with E-state index in [1.165, 1.54) is 6.54 Å². The standard InChI is InChI=1S/C11H24N2O/c1-10(2)8-13-5-4-12(6-7-14)9-11(13)3/h10-11,14H,4-9H2,1-3H3/t11-/m1/s1. The molecule has 0 bridgehead atoms. The molecule has 0 radical (unpaired) electrons. The summed E-state index contributed by atoms with van der Waals surface area (Å²) in [5.74, 6) is 0.752. The van der Waals surface area contributed by atoms with Crippen LogP contribution in [0.4, 0.5) is 0 Å². The van der Waals surface area contributed by atoms with Crippen LogP contribution >= 0.6 is 0 Å². The van der Waals surface area contributed by atoms with Gasteiger partial charge in [0.1, 0.15) is 0 Å². The van der Waals surface area contributed by atoms with Crippen LogP contribution in [0.2, 0.25) is 0 Å². The van der Waals surface area contributed by atoms with Crippen molar-refractivity contribution in [2.75, 3.05) is 39.3 Å². The van der Waals surface area contributed by atoms with Gasteiger partial charge in [-0.25, -0.2) is 0 Å². The number of aliphatic hydroxyl groups excluding tert-OH is 1. The maximum absolute atomic E-state index is 8.86. The first-order chi connectivity index (χ1) is 6.63. The molecule has 3 nitrogen and oxygen atoms in total. The Balaban J connectivity index is 2.32. The van der Waals surface area contributed by atoms with Crippen molar-refractivity contribution in [3.05, 3.63) is 0 Å². The predicted octanol–water partition coefficient (Wildman–Crippen LogP) is 0.641. The lowest BCUT2D eigenvalue weighted by molar-refractivity contribution is 0.0638. The van der Waals surface area contributed by atoms with Gasteiger partial charge in [0.15, 0.2) is 0 Å². The van der Waals surface area contributed by atoms with Crippen molar-refractivity contribution in [2.24, 2.45) is 5.92 Å². The summed E-state index contributed by atoms with van der Waals surface area (Å²) in [5.41, 5.74) is 0. The van der Waals surface area contributed by atoms with Crippen molar-refractivity contribution < 1.29 is 5.11 Å².